The molecule has 182 valence electrons. The van der Waals surface area contributed by atoms with Crippen LogP contribution in [0.2, 0.25) is 0 Å². The molecule has 4 rings (SSSR count). The van der Waals surface area contributed by atoms with Gasteiger partial charge in [-0.1, -0.05) is 72.8 Å². The van der Waals surface area contributed by atoms with E-state index in [-0.39, 0.29) is 18.2 Å². The maximum absolute atomic E-state index is 13.8. The van der Waals surface area contributed by atoms with Gasteiger partial charge >= 0.3 is 5.97 Å². The quantitative estimate of drug-likeness (QED) is 0.323. The summed E-state index contributed by atoms with van der Waals surface area (Å²) in [6.07, 6.45) is 0.120. The summed E-state index contributed by atoms with van der Waals surface area (Å²) in [7, 11) is 1.30. The van der Waals surface area contributed by atoms with Gasteiger partial charge in [-0.3, -0.25) is 14.5 Å². The first-order chi connectivity index (χ1) is 17.6. The van der Waals surface area contributed by atoms with E-state index in [0.717, 1.165) is 10.4 Å². The predicted octanol–water partition coefficient (Wildman–Crippen LogP) is 5.17. The number of carbonyl (C=O) groups is 3. The number of nitrogens with zero attached hydrogens (tertiary/aromatic N) is 1. The normalized spacial score (nSPS) is 11.4. The lowest BCUT2D eigenvalue weighted by atomic mass is 10.0. The van der Waals surface area contributed by atoms with E-state index in [1.165, 1.54) is 23.3 Å². The molecule has 1 aromatic heterocycles. The molecule has 0 bridgehead atoms. The maximum atomic E-state index is 13.8. The topological polar surface area (TPSA) is 75.7 Å². The van der Waals surface area contributed by atoms with E-state index in [0.29, 0.717) is 23.4 Å². The smallest absolute Gasteiger partial charge is 0.337 e. The van der Waals surface area contributed by atoms with Gasteiger partial charge in [0.15, 0.2) is 0 Å². The van der Waals surface area contributed by atoms with Crippen molar-refractivity contribution in [3.05, 3.63) is 124 Å². The van der Waals surface area contributed by atoms with Gasteiger partial charge in [-0.25, -0.2) is 4.79 Å². The molecule has 0 aliphatic rings. The zero-order chi connectivity index (χ0) is 25.3. The van der Waals surface area contributed by atoms with Crippen LogP contribution in [0, 0.1) is 0 Å². The maximum Gasteiger partial charge on any atom is 0.337 e. The molecule has 2 amide bonds. The summed E-state index contributed by atoms with van der Waals surface area (Å²) in [6.45, 7) is 0.318. The number of thiophene rings is 1. The molecule has 0 saturated heterocycles. The molecule has 6 nitrogen and oxygen atoms in total. The minimum absolute atomic E-state index is 0.120. The number of methoxy groups -OCH3 is 1. The number of ether oxygens (including phenoxy) is 1. The highest BCUT2D eigenvalue weighted by atomic mass is 32.1. The van der Waals surface area contributed by atoms with Gasteiger partial charge in [0.2, 0.25) is 11.8 Å². The molecule has 0 fully saturated rings. The third-order valence-corrected chi connectivity index (χ3v) is 6.53. The number of benzene rings is 3. The lowest BCUT2D eigenvalue weighted by molar-refractivity contribution is -0.126. The van der Waals surface area contributed by atoms with Crippen molar-refractivity contribution in [2.45, 2.75) is 19.0 Å². The first-order valence-electron chi connectivity index (χ1n) is 11.5. The Bertz CT molecular complexity index is 1310. The van der Waals surface area contributed by atoms with E-state index in [4.69, 9.17) is 4.74 Å². The molecule has 1 N–H and O–H groups in total. The van der Waals surface area contributed by atoms with Crippen LogP contribution >= 0.6 is 11.3 Å². The summed E-state index contributed by atoms with van der Waals surface area (Å²) in [4.78, 5) is 42.1. The molecule has 4 aromatic rings. The number of anilines is 1. The van der Waals surface area contributed by atoms with Crippen molar-refractivity contribution in [3.8, 4) is 0 Å². The average molecular weight is 499 g/mol. The first kappa shape index (κ1) is 24.9. The zero-order valence-electron chi connectivity index (χ0n) is 19.8. The van der Waals surface area contributed by atoms with Crippen LogP contribution in [0.1, 0.15) is 32.4 Å². The number of amides is 2. The zero-order valence-corrected chi connectivity index (χ0v) is 20.6. The van der Waals surface area contributed by atoms with Crippen LogP contribution in [0.15, 0.2) is 102 Å². The van der Waals surface area contributed by atoms with E-state index in [1.807, 2.05) is 78.2 Å². The third-order valence-electron chi connectivity index (χ3n) is 5.65. The largest absolute Gasteiger partial charge is 0.465 e. The molecular weight excluding hydrogens is 472 g/mol. The van der Waals surface area contributed by atoms with E-state index < -0.39 is 12.0 Å². The van der Waals surface area contributed by atoms with Gasteiger partial charge in [0.1, 0.15) is 6.04 Å². The number of hydrogen-bond donors (Lipinski definition) is 1. The van der Waals surface area contributed by atoms with Crippen molar-refractivity contribution in [2.75, 3.05) is 12.0 Å². The predicted molar refractivity (Wildman–Crippen MR) is 141 cm³/mol. The van der Waals surface area contributed by atoms with Crippen molar-refractivity contribution in [3.63, 3.8) is 0 Å². The highest BCUT2D eigenvalue weighted by molar-refractivity contribution is 7.10. The van der Waals surface area contributed by atoms with Gasteiger partial charge in [-0.05, 0) is 40.8 Å². The Morgan fingerprint density at radius 2 is 1.61 bits per heavy atom. The lowest BCUT2D eigenvalue weighted by Gasteiger charge is -2.32. The summed E-state index contributed by atoms with van der Waals surface area (Å²) in [5.41, 5.74) is 2.33. The average Bonchev–Trinajstić information content (AvgIpc) is 3.44. The van der Waals surface area contributed by atoms with E-state index in [9.17, 15) is 14.4 Å². The third kappa shape index (κ3) is 6.06. The number of rotatable bonds is 9. The fourth-order valence-corrected chi connectivity index (χ4v) is 4.62. The standard InChI is InChI=1S/C29H26N2O4S/c1-35-29(34)23-14-8-15-24(18-23)31(26(32)19-25-16-9-17-36-25)27(22-12-6-3-7-13-22)28(33)30-20-21-10-4-2-5-11-21/h2-18,27H,19-20H2,1H3,(H,30,33). The van der Waals surface area contributed by atoms with Crippen LogP contribution in [0.3, 0.4) is 0 Å². The molecule has 1 atom stereocenters. The van der Waals surface area contributed by atoms with Gasteiger partial charge in [0, 0.05) is 17.1 Å². The summed E-state index contributed by atoms with van der Waals surface area (Å²) in [5.74, 6) is -1.11. The Balaban J connectivity index is 1.76. The van der Waals surface area contributed by atoms with Crippen LogP contribution in [0.5, 0.6) is 0 Å². The molecule has 0 radical (unpaired) electrons. The van der Waals surface area contributed by atoms with Gasteiger partial charge in [0.25, 0.3) is 0 Å². The number of esters is 1. The van der Waals surface area contributed by atoms with Gasteiger partial charge < -0.3 is 10.1 Å². The van der Waals surface area contributed by atoms with Crippen LogP contribution in [0.25, 0.3) is 0 Å². The molecule has 3 aromatic carbocycles. The van der Waals surface area contributed by atoms with Gasteiger partial charge in [-0.2, -0.15) is 0 Å². The van der Waals surface area contributed by atoms with Crippen LogP contribution < -0.4 is 10.2 Å². The molecule has 0 aliphatic heterocycles. The summed E-state index contributed by atoms with van der Waals surface area (Å²) < 4.78 is 4.88. The van der Waals surface area contributed by atoms with Gasteiger partial charge in [-0.15, -0.1) is 11.3 Å². The molecule has 1 heterocycles. The monoisotopic (exact) mass is 498 g/mol. The Hall–Kier alpha value is -4.23. The van der Waals surface area contributed by atoms with Crippen molar-refractivity contribution in [1.82, 2.24) is 5.32 Å². The van der Waals surface area contributed by atoms with Crippen LogP contribution in [-0.4, -0.2) is 24.9 Å². The Kier molecular flexibility index (Phi) is 8.26. The lowest BCUT2D eigenvalue weighted by Crippen LogP contribution is -2.44. The minimum atomic E-state index is -0.949. The Labute approximate surface area is 214 Å². The van der Waals surface area contributed by atoms with Crippen LogP contribution in [-0.2, 0) is 27.3 Å². The SMILES string of the molecule is COC(=O)c1cccc(N(C(=O)Cc2cccs2)C(C(=O)NCc2ccccc2)c2ccccc2)c1. The van der Waals surface area contributed by atoms with Crippen molar-refractivity contribution < 1.29 is 19.1 Å². The van der Waals surface area contributed by atoms with Gasteiger partial charge in [0.05, 0.1) is 19.1 Å². The number of carbonyl (C=O) groups excluding carboxylic acids is 3. The Morgan fingerprint density at radius 1 is 0.889 bits per heavy atom. The molecule has 7 heteroatoms. The van der Waals surface area contributed by atoms with Crippen molar-refractivity contribution in [2.24, 2.45) is 0 Å². The molecule has 0 aliphatic carbocycles. The molecular formula is C29H26N2O4S. The van der Waals surface area contributed by atoms with Crippen molar-refractivity contribution >= 4 is 34.8 Å². The molecule has 0 saturated carbocycles. The fourth-order valence-electron chi connectivity index (χ4n) is 3.92. The highest BCUT2D eigenvalue weighted by Gasteiger charge is 2.33. The molecule has 1 unspecified atom stereocenters. The molecule has 36 heavy (non-hydrogen) atoms. The second kappa shape index (κ2) is 12.0. The van der Waals surface area contributed by atoms with Crippen LogP contribution in [0.4, 0.5) is 5.69 Å². The van der Waals surface area contributed by atoms with Crippen molar-refractivity contribution in [1.29, 1.82) is 0 Å². The Morgan fingerprint density at radius 3 is 2.28 bits per heavy atom. The summed E-state index contributed by atoms with van der Waals surface area (Å²) >= 11 is 1.48. The fraction of sp³-hybridized carbons (Fsp3) is 0.138. The highest BCUT2D eigenvalue weighted by Crippen LogP contribution is 2.30. The summed E-state index contributed by atoms with van der Waals surface area (Å²) in [5, 5.41) is 4.90. The number of hydrogen-bond acceptors (Lipinski definition) is 5. The number of nitrogens with one attached hydrogen (secondary N) is 1. The second-order valence-corrected chi connectivity index (χ2v) is 9.11. The van der Waals surface area contributed by atoms with E-state index in [2.05, 4.69) is 5.32 Å². The van der Waals surface area contributed by atoms with E-state index >= 15 is 0 Å². The summed E-state index contributed by atoms with van der Waals surface area (Å²) in [6, 6.07) is 28.2. The minimum Gasteiger partial charge on any atom is -0.465 e. The second-order valence-electron chi connectivity index (χ2n) is 8.08. The first-order valence-corrected chi connectivity index (χ1v) is 12.3. The molecule has 0 spiro atoms. The van der Waals surface area contributed by atoms with E-state index in [1.54, 1.807) is 24.3 Å².